The van der Waals surface area contributed by atoms with E-state index in [1.54, 1.807) is 0 Å². The Labute approximate surface area is 317 Å². The van der Waals surface area contributed by atoms with E-state index in [1.807, 2.05) is 97.1 Å². The molecule has 0 N–H and O–H groups in total. The number of rotatable bonds is 6. The van der Waals surface area contributed by atoms with Crippen LogP contribution in [0, 0.1) is 11.3 Å². The van der Waals surface area contributed by atoms with Crippen molar-refractivity contribution in [3.63, 3.8) is 0 Å². The predicted molar refractivity (Wildman–Crippen MR) is 222 cm³/mol. The van der Waals surface area contributed by atoms with Crippen molar-refractivity contribution in [3.8, 4) is 73.6 Å². The molecule has 0 unspecified atom stereocenters. The Hall–Kier alpha value is -7.68. The molecule has 0 aliphatic heterocycles. The zero-order chi connectivity index (χ0) is 36.7. The van der Waals surface area contributed by atoms with Gasteiger partial charge in [-0.3, -0.25) is 0 Å². The molecule has 0 saturated carbocycles. The number of fused-ring (bicyclic) bond motifs is 5. The zero-order valence-corrected chi connectivity index (χ0v) is 29.5. The third kappa shape index (κ3) is 5.79. The topological polar surface area (TPSA) is 75.6 Å². The lowest BCUT2D eigenvalue weighted by atomic mass is 9.92. The fourth-order valence-electron chi connectivity index (χ4n) is 7.44. The second-order valence-corrected chi connectivity index (χ2v) is 13.5. The van der Waals surface area contributed by atoms with Gasteiger partial charge >= 0.3 is 0 Å². The molecule has 0 fully saturated rings. The molecule has 10 aromatic rings. The standard InChI is InChI=1S/C50H30N4O/c51-31-32-18-20-35(21-19-32)40-16-9-17-45-46(40)44-30-43(41-14-7-8-15-42(41)47(44)55-45)36-26-22-33(23-27-36)34-24-28-39(29-25-34)50-53-48(37-10-3-1-4-11-37)52-49(54-50)38-12-5-2-6-13-38/h1-30H. The molecule has 5 heteroatoms. The summed E-state index contributed by atoms with van der Waals surface area (Å²) in [7, 11) is 0. The highest BCUT2D eigenvalue weighted by molar-refractivity contribution is 6.22. The van der Waals surface area contributed by atoms with Crippen LogP contribution in [0.25, 0.3) is 100 Å². The van der Waals surface area contributed by atoms with E-state index in [0.717, 1.165) is 82.8 Å². The Morgan fingerprint density at radius 1 is 0.382 bits per heavy atom. The lowest BCUT2D eigenvalue weighted by molar-refractivity contribution is 0.673. The van der Waals surface area contributed by atoms with Crippen LogP contribution in [0.5, 0.6) is 0 Å². The van der Waals surface area contributed by atoms with Crippen molar-refractivity contribution < 1.29 is 4.42 Å². The van der Waals surface area contributed by atoms with Gasteiger partial charge in [0.2, 0.25) is 0 Å². The molecule has 5 nitrogen and oxygen atoms in total. The third-order valence-corrected chi connectivity index (χ3v) is 10.2. The lowest BCUT2D eigenvalue weighted by Crippen LogP contribution is -2.00. The third-order valence-electron chi connectivity index (χ3n) is 10.2. The Morgan fingerprint density at radius 2 is 0.855 bits per heavy atom. The molecular weight excluding hydrogens is 673 g/mol. The first-order valence-corrected chi connectivity index (χ1v) is 18.2. The molecule has 256 valence electrons. The summed E-state index contributed by atoms with van der Waals surface area (Å²) in [5.74, 6) is 1.92. The fourth-order valence-corrected chi connectivity index (χ4v) is 7.44. The molecular formula is C50H30N4O. The monoisotopic (exact) mass is 702 g/mol. The molecule has 0 aliphatic rings. The lowest BCUT2D eigenvalue weighted by Gasteiger charge is -2.11. The molecule has 2 heterocycles. The van der Waals surface area contributed by atoms with Crippen LogP contribution in [-0.2, 0) is 0 Å². The van der Waals surface area contributed by atoms with E-state index >= 15 is 0 Å². The van der Waals surface area contributed by atoms with Gasteiger partial charge in [-0.1, -0.05) is 158 Å². The summed E-state index contributed by atoms with van der Waals surface area (Å²) in [4.78, 5) is 14.6. The van der Waals surface area contributed by atoms with Gasteiger partial charge in [0.05, 0.1) is 11.6 Å². The van der Waals surface area contributed by atoms with E-state index in [1.165, 1.54) is 0 Å². The van der Waals surface area contributed by atoms with Gasteiger partial charge in [0, 0.05) is 32.8 Å². The summed E-state index contributed by atoms with van der Waals surface area (Å²) in [6, 6.07) is 64.1. The van der Waals surface area contributed by atoms with Crippen molar-refractivity contribution in [2.75, 3.05) is 0 Å². The van der Waals surface area contributed by atoms with E-state index in [4.69, 9.17) is 19.4 Å². The van der Waals surface area contributed by atoms with Crippen molar-refractivity contribution in [2.24, 2.45) is 0 Å². The van der Waals surface area contributed by atoms with E-state index in [0.29, 0.717) is 23.0 Å². The first-order chi connectivity index (χ1) is 27.2. The Balaban J connectivity index is 1.02. The van der Waals surface area contributed by atoms with Gasteiger partial charge in [-0.05, 0) is 63.0 Å². The minimum absolute atomic E-state index is 0.631. The second-order valence-electron chi connectivity index (χ2n) is 13.5. The largest absolute Gasteiger partial charge is 0.455 e. The summed E-state index contributed by atoms with van der Waals surface area (Å²) >= 11 is 0. The highest BCUT2D eigenvalue weighted by Crippen LogP contribution is 2.43. The second kappa shape index (κ2) is 13.4. The molecule has 0 atom stereocenters. The van der Waals surface area contributed by atoms with E-state index in [-0.39, 0.29) is 0 Å². The summed E-state index contributed by atoms with van der Waals surface area (Å²) in [6.45, 7) is 0. The molecule has 10 rings (SSSR count). The number of furan rings is 1. The average molecular weight is 703 g/mol. The smallest absolute Gasteiger partial charge is 0.164 e. The number of hydrogen-bond donors (Lipinski definition) is 0. The average Bonchev–Trinajstić information content (AvgIpc) is 3.66. The maximum absolute atomic E-state index is 9.37. The Bertz CT molecular complexity index is 3000. The van der Waals surface area contributed by atoms with Gasteiger partial charge < -0.3 is 4.42 Å². The summed E-state index contributed by atoms with van der Waals surface area (Å²) < 4.78 is 6.58. The van der Waals surface area contributed by atoms with Crippen LogP contribution in [-0.4, -0.2) is 15.0 Å². The van der Waals surface area contributed by atoms with E-state index < -0.39 is 0 Å². The predicted octanol–water partition coefficient (Wildman–Crippen LogP) is 12.8. The number of aromatic nitrogens is 3. The molecule has 0 bridgehead atoms. The van der Waals surface area contributed by atoms with Crippen LogP contribution in [0.1, 0.15) is 5.56 Å². The van der Waals surface area contributed by atoms with Gasteiger partial charge in [0.15, 0.2) is 17.5 Å². The van der Waals surface area contributed by atoms with Crippen LogP contribution >= 0.6 is 0 Å². The SMILES string of the molecule is N#Cc1ccc(-c2cccc3oc4c5ccccc5c(-c5ccc(-c6ccc(-c7nc(-c8ccccc8)nc(-c8ccccc8)n7)cc6)cc5)cc4c23)cc1. The Morgan fingerprint density at radius 3 is 1.44 bits per heavy atom. The number of hydrogen-bond acceptors (Lipinski definition) is 5. The summed E-state index contributed by atoms with van der Waals surface area (Å²) in [5.41, 5.74) is 11.7. The molecule has 0 aliphatic carbocycles. The van der Waals surface area contributed by atoms with Crippen molar-refractivity contribution in [3.05, 3.63) is 188 Å². The molecule has 0 amide bonds. The minimum atomic E-state index is 0.631. The Kier molecular flexibility index (Phi) is 7.79. The van der Waals surface area contributed by atoms with Crippen molar-refractivity contribution >= 4 is 32.7 Å². The van der Waals surface area contributed by atoms with Gasteiger partial charge in [-0.25, -0.2) is 15.0 Å². The quantitative estimate of drug-likeness (QED) is 0.172. The number of nitriles is 1. The molecule has 0 spiro atoms. The molecule has 2 aromatic heterocycles. The van der Waals surface area contributed by atoms with Crippen LogP contribution in [0.2, 0.25) is 0 Å². The summed E-state index contributed by atoms with van der Waals surface area (Å²) in [6.07, 6.45) is 0. The van der Waals surface area contributed by atoms with Crippen molar-refractivity contribution in [1.29, 1.82) is 5.26 Å². The van der Waals surface area contributed by atoms with Gasteiger partial charge in [0.1, 0.15) is 11.2 Å². The molecule has 0 saturated heterocycles. The van der Waals surface area contributed by atoms with E-state index in [2.05, 4.69) is 91.0 Å². The van der Waals surface area contributed by atoms with E-state index in [9.17, 15) is 5.26 Å². The molecule has 8 aromatic carbocycles. The van der Waals surface area contributed by atoms with Crippen LogP contribution in [0.4, 0.5) is 0 Å². The van der Waals surface area contributed by atoms with Gasteiger partial charge in [0.25, 0.3) is 0 Å². The first-order valence-electron chi connectivity index (χ1n) is 18.2. The first kappa shape index (κ1) is 32.0. The zero-order valence-electron chi connectivity index (χ0n) is 29.5. The van der Waals surface area contributed by atoms with Crippen molar-refractivity contribution in [1.82, 2.24) is 15.0 Å². The molecule has 55 heavy (non-hydrogen) atoms. The number of benzene rings is 8. The van der Waals surface area contributed by atoms with Gasteiger partial charge in [-0.15, -0.1) is 0 Å². The fraction of sp³-hybridized carbons (Fsp3) is 0. The number of nitrogens with zero attached hydrogens (tertiary/aromatic N) is 4. The highest BCUT2D eigenvalue weighted by Gasteiger charge is 2.18. The van der Waals surface area contributed by atoms with Crippen LogP contribution < -0.4 is 0 Å². The van der Waals surface area contributed by atoms with Crippen LogP contribution in [0.15, 0.2) is 186 Å². The highest BCUT2D eigenvalue weighted by atomic mass is 16.3. The maximum atomic E-state index is 9.37. The van der Waals surface area contributed by atoms with Gasteiger partial charge in [-0.2, -0.15) is 5.26 Å². The van der Waals surface area contributed by atoms with Crippen LogP contribution in [0.3, 0.4) is 0 Å². The van der Waals surface area contributed by atoms with Crippen molar-refractivity contribution in [2.45, 2.75) is 0 Å². The summed E-state index contributed by atoms with van der Waals surface area (Å²) in [5, 5.41) is 13.7. The molecule has 0 radical (unpaired) electrons. The normalized spacial score (nSPS) is 11.3. The maximum Gasteiger partial charge on any atom is 0.164 e. The minimum Gasteiger partial charge on any atom is -0.455 e.